The second-order valence-corrected chi connectivity index (χ2v) is 8.97. The Bertz CT molecular complexity index is 1660. The fraction of sp³-hybridized carbons (Fsp3) is 0.231. The van der Waals surface area contributed by atoms with Crippen LogP contribution in [-0.4, -0.2) is 51.5 Å². The Labute approximate surface area is 241 Å². The molecule has 0 saturated heterocycles. The van der Waals surface area contributed by atoms with Gasteiger partial charge in [0.05, 0.1) is 22.3 Å². The molecule has 0 atom stereocenters. The van der Waals surface area contributed by atoms with Crippen LogP contribution in [0.1, 0.15) is 27.0 Å². The van der Waals surface area contributed by atoms with E-state index in [1.807, 2.05) is 0 Å². The maximum absolute atomic E-state index is 13.7. The summed E-state index contributed by atoms with van der Waals surface area (Å²) in [4.78, 5) is 34.8. The first kappa shape index (κ1) is 31.9. The minimum atomic E-state index is -4.82. The number of aliphatic hydroxyl groups is 1. The maximum atomic E-state index is 13.7. The summed E-state index contributed by atoms with van der Waals surface area (Å²) >= 11 is 0. The molecule has 0 unspecified atom stereocenters. The molecule has 10 nitrogen and oxygen atoms in total. The third-order valence-corrected chi connectivity index (χ3v) is 5.77. The highest BCUT2D eigenvalue weighted by Gasteiger charge is 2.34. The zero-order valence-electron chi connectivity index (χ0n) is 21.9. The molecule has 18 heteroatoms. The van der Waals surface area contributed by atoms with E-state index in [0.717, 1.165) is 36.4 Å². The van der Waals surface area contributed by atoms with Crippen LogP contribution in [0.2, 0.25) is 0 Å². The van der Waals surface area contributed by atoms with Crippen LogP contribution < -0.4 is 20.7 Å². The third kappa shape index (κ3) is 7.88. The number of halogens is 8. The van der Waals surface area contributed by atoms with Crippen LogP contribution in [0.25, 0.3) is 11.2 Å². The lowest BCUT2D eigenvalue weighted by Gasteiger charge is -2.15. The van der Waals surface area contributed by atoms with Gasteiger partial charge < -0.3 is 30.8 Å². The van der Waals surface area contributed by atoms with Crippen LogP contribution in [0.15, 0.2) is 48.5 Å². The minimum Gasteiger partial charge on any atom is -0.471 e. The molecular formula is C26H20F8N6O4. The van der Waals surface area contributed by atoms with Crippen molar-refractivity contribution in [1.29, 1.82) is 0 Å². The molecule has 2 amide bonds. The number of alkyl halides is 8. The summed E-state index contributed by atoms with van der Waals surface area (Å²) in [5.41, 5.74) is -3.18. The molecule has 0 bridgehead atoms. The minimum absolute atomic E-state index is 0.0469. The summed E-state index contributed by atoms with van der Waals surface area (Å²) in [5.74, 6) is -2.71. The molecule has 4 rings (SSSR count). The Kier molecular flexibility index (Phi) is 9.22. The summed E-state index contributed by atoms with van der Waals surface area (Å²) in [6.45, 7) is -2.23. The molecule has 0 aliphatic carbocycles. The van der Waals surface area contributed by atoms with E-state index < -0.39 is 72.1 Å². The summed E-state index contributed by atoms with van der Waals surface area (Å²) in [7, 11) is 0. The molecule has 0 spiro atoms. The number of fused-ring (bicyclic) bond motifs is 1. The smallest absolute Gasteiger partial charge is 0.418 e. The monoisotopic (exact) mass is 632 g/mol. The number of amides is 2. The highest BCUT2D eigenvalue weighted by atomic mass is 19.4. The van der Waals surface area contributed by atoms with Crippen LogP contribution >= 0.6 is 0 Å². The largest absolute Gasteiger partial charge is 0.471 e. The standard InChI is InChI=1S/C26H20F8N6O4/c27-19(28)11-44-23-15(22(43)36-14-4-2-13(3-5-14)25(29,30)31)8-18-21(39-23)40-24(38-18)37-17-7-12(9-35-20(42)10-41)1-6-16(17)26(32,33)34/h1-8,19,41H,9-11H2,(H,35,42)(H,36,43)(H2,37,38,39,40). The molecule has 44 heavy (non-hydrogen) atoms. The molecule has 2 heterocycles. The number of aliphatic hydroxyl groups excluding tert-OH is 1. The SMILES string of the molecule is O=C(CO)NCc1ccc(C(F)(F)F)c(Nc2nc3nc(OCC(F)F)c(C(=O)Nc4ccc(C(F)(F)F)cc4)cc3[nH]2)c1. The molecular weight excluding hydrogens is 612 g/mol. The van der Waals surface area contributed by atoms with Crippen LogP contribution in [0, 0.1) is 0 Å². The van der Waals surface area contributed by atoms with Crippen molar-refractivity contribution in [1.82, 2.24) is 20.3 Å². The van der Waals surface area contributed by atoms with E-state index in [1.165, 1.54) is 0 Å². The van der Waals surface area contributed by atoms with Crippen LogP contribution in [0.3, 0.4) is 0 Å². The Morgan fingerprint density at radius 2 is 1.66 bits per heavy atom. The van der Waals surface area contributed by atoms with Gasteiger partial charge in [-0.2, -0.15) is 36.3 Å². The molecule has 234 valence electrons. The van der Waals surface area contributed by atoms with Crippen LogP contribution in [0.5, 0.6) is 5.88 Å². The quantitative estimate of drug-likeness (QED) is 0.151. The lowest BCUT2D eigenvalue weighted by atomic mass is 10.1. The number of carbonyl (C=O) groups excluding carboxylic acids is 2. The average Bonchev–Trinajstić information content (AvgIpc) is 3.34. The lowest BCUT2D eigenvalue weighted by Crippen LogP contribution is -2.25. The Morgan fingerprint density at radius 1 is 0.955 bits per heavy atom. The van der Waals surface area contributed by atoms with Gasteiger partial charge in [-0.3, -0.25) is 9.59 Å². The number of imidazole rings is 1. The summed E-state index contributed by atoms with van der Waals surface area (Å²) < 4.78 is 110. The second kappa shape index (κ2) is 12.7. The van der Waals surface area contributed by atoms with E-state index in [1.54, 1.807) is 0 Å². The highest BCUT2D eigenvalue weighted by Crippen LogP contribution is 2.37. The van der Waals surface area contributed by atoms with Crippen molar-refractivity contribution < 1.29 is 54.6 Å². The zero-order chi connectivity index (χ0) is 32.2. The summed E-state index contributed by atoms with van der Waals surface area (Å²) in [6, 6.07) is 7.35. The molecule has 0 aliphatic rings. The van der Waals surface area contributed by atoms with Crippen molar-refractivity contribution in [3.63, 3.8) is 0 Å². The van der Waals surface area contributed by atoms with Gasteiger partial charge in [-0.15, -0.1) is 0 Å². The molecule has 0 radical (unpaired) electrons. The number of carbonyl (C=O) groups is 2. The lowest BCUT2D eigenvalue weighted by molar-refractivity contribution is -0.138. The van der Waals surface area contributed by atoms with Gasteiger partial charge in [-0.05, 0) is 48.0 Å². The number of nitrogens with one attached hydrogen (secondary N) is 4. The van der Waals surface area contributed by atoms with E-state index in [4.69, 9.17) is 9.84 Å². The number of aromatic nitrogens is 3. The van der Waals surface area contributed by atoms with Crippen molar-refractivity contribution in [3.8, 4) is 5.88 Å². The fourth-order valence-corrected chi connectivity index (χ4v) is 3.78. The summed E-state index contributed by atoms with van der Waals surface area (Å²) in [6.07, 6.45) is -12.4. The Balaban J connectivity index is 1.66. The van der Waals surface area contributed by atoms with Gasteiger partial charge in [0, 0.05) is 12.2 Å². The molecule has 2 aromatic carbocycles. The van der Waals surface area contributed by atoms with Crippen molar-refractivity contribution in [3.05, 3.63) is 70.8 Å². The number of hydrogen-bond donors (Lipinski definition) is 5. The Hall–Kier alpha value is -5.00. The number of rotatable bonds is 10. The van der Waals surface area contributed by atoms with E-state index in [2.05, 4.69) is 30.9 Å². The van der Waals surface area contributed by atoms with Gasteiger partial charge in [-0.25, -0.2) is 8.78 Å². The van der Waals surface area contributed by atoms with Crippen LogP contribution in [-0.2, 0) is 23.7 Å². The zero-order valence-corrected chi connectivity index (χ0v) is 21.9. The number of hydrogen-bond acceptors (Lipinski definition) is 7. The van der Waals surface area contributed by atoms with Gasteiger partial charge in [0.2, 0.25) is 17.7 Å². The number of nitrogens with zero attached hydrogens (tertiary/aromatic N) is 2. The first-order valence-corrected chi connectivity index (χ1v) is 12.3. The molecule has 4 aromatic rings. The third-order valence-electron chi connectivity index (χ3n) is 5.77. The topological polar surface area (TPSA) is 141 Å². The van der Waals surface area contributed by atoms with Gasteiger partial charge in [-0.1, -0.05) is 6.07 Å². The van der Waals surface area contributed by atoms with E-state index in [0.29, 0.717) is 12.1 Å². The first-order chi connectivity index (χ1) is 20.6. The first-order valence-electron chi connectivity index (χ1n) is 12.3. The number of pyridine rings is 1. The molecule has 0 fully saturated rings. The molecule has 0 saturated carbocycles. The highest BCUT2D eigenvalue weighted by molar-refractivity contribution is 6.07. The molecule has 5 N–H and O–H groups in total. The number of anilines is 3. The van der Waals surface area contributed by atoms with Crippen LogP contribution in [0.4, 0.5) is 52.4 Å². The molecule has 0 aliphatic heterocycles. The van der Waals surface area contributed by atoms with Gasteiger partial charge in [0.15, 0.2) is 12.3 Å². The van der Waals surface area contributed by atoms with Crippen molar-refractivity contribution in [2.75, 3.05) is 23.8 Å². The van der Waals surface area contributed by atoms with E-state index in [9.17, 15) is 44.7 Å². The number of H-pyrrole nitrogens is 1. The van der Waals surface area contributed by atoms with Crippen molar-refractivity contribution in [2.24, 2.45) is 0 Å². The fourth-order valence-electron chi connectivity index (χ4n) is 3.78. The van der Waals surface area contributed by atoms with Gasteiger partial charge in [0.25, 0.3) is 12.3 Å². The second-order valence-electron chi connectivity index (χ2n) is 8.97. The number of aromatic amines is 1. The normalized spacial score (nSPS) is 12.0. The van der Waals surface area contributed by atoms with Gasteiger partial charge >= 0.3 is 12.4 Å². The van der Waals surface area contributed by atoms with Gasteiger partial charge in [0.1, 0.15) is 12.2 Å². The predicted octanol–water partition coefficient (Wildman–Crippen LogP) is 5.24. The van der Waals surface area contributed by atoms with Crippen molar-refractivity contribution >= 4 is 40.3 Å². The Morgan fingerprint density at radius 3 is 2.27 bits per heavy atom. The van der Waals surface area contributed by atoms with E-state index in [-0.39, 0.29) is 34.9 Å². The molecule has 2 aromatic heterocycles. The number of benzene rings is 2. The summed E-state index contributed by atoms with van der Waals surface area (Å²) in [5, 5.41) is 15.9. The van der Waals surface area contributed by atoms with E-state index >= 15 is 0 Å². The number of ether oxygens (including phenoxy) is 1. The van der Waals surface area contributed by atoms with Crippen molar-refractivity contribution in [2.45, 2.75) is 25.3 Å². The predicted molar refractivity (Wildman–Crippen MR) is 138 cm³/mol. The average molecular weight is 632 g/mol. The maximum Gasteiger partial charge on any atom is 0.418 e.